The van der Waals surface area contributed by atoms with Crippen molar-refractivity contribution in [2.75, 3.05) is 23.7 Å². The van der Waals surface area contributed by atoms with E-state index >= 15 is 0 Å². The van der Waals surface area contributed by atoms with Gasteiger partial charge in [-0.3, -0.25) is 18.7 Å². The fourth-order valence-corrected chi connectivity index (χ4v) is 9.04. The molecule has 0 aliphatic carbocycles. The van der Waals surface area contributed by atoms with Gasteiger partial charge >= 0.3 is 5.97 Å². The Balaban J connectivity index is 1.43. The summed E-state index contributed by atoms with van der Waals surface area (Å²) in [4.78, 5) is 42.7. The molecule has 15 heteroatoms. The molecule has 2 amide bonds. The quantitative estimate of drug-likeness (QED) is 0.0519. The number of imide groups is 1. The summed E-state index contributed by atoms with van der Waals surface area (Å²) in [5, 5.41) is 0.525. The molecule has 1 saturated heterocycles. The lowest BCUT2D eigenvalue weighted by atomic mass is 9.77. The number of anilines is 1. The van der Waals surface area contributed by atoms with E-state index in [-0.39, 0.29) is 42.5 Å². The highest BCUT2D eigenvalue weighted by Crippen LogP contribution is 2.51. The minimum Gasteiger partial charge on any atom is -0.344 e. The summed E-state index contributed by atoms with van der Waals surface area (Å²) in [7, 11) is -8.81. The summed E-state index contributed by atoms with van der Waals surface area (Å²) in [6, 6.07) is 10.9. The van der Waals surface area contributed by atoms with Crippen LogP contribution in [0.25, 0.3) is 0 Å². The van der Waals surface area contributed by atoms with E-state index in [9.17, 15) is 40.3 Å². The van der Waals surface area contributed by atoms with Crippen molar-refractivity contribution in [3.05, 3.63) is 89.2 Å². The standard InChI is InChI=1S/C42H53N3O10S2/c1-6-7-25-43-34-20-18-30(2)28-32(34)41(3,4)36(43)15-10-8-11-16-37-42(5,24-13-9-12-17-40(48)55-45-38(46)22-23-39(45)47)33-29-31(57(52,53)54)19-21-35(33)44(37)26-14-27-56(49,50)51/h8,10-11,15-16,18-21,28-29H,6-7,9,12-14,17,22-27H2,1-5H3,(H-,49,50,51,52,53,54)/p+1. The number of rotatable bonds is 18. The van der Waals surface area contributed by atoms with Crippen LogP contribution in [-0.2, 0) is 50.3 Å². The minimum atomic E-state index is -4.56. The molecule has 2 aromatic carbocycles. The van der Waals surface area contributed by atoms with Crippen molar-refractivity contribution in [1.82, 2.24) is 5.06 Å². The molecule has 57 heavy (non-hydrogen) atoms. The van der Waals surface area contributed by atoms with E-state index in [1.165, 1.54) is 34.7 Å². The summed E-state index contributed by atoms with van der Waals surface area (Å²) in [5.74, 6) is -2.26. The molecule has 3 aliphatic rings. The first-order valence-corrected chi connectivity index (χ1v) is 22.6. The van der Waals surface area contributed by atoms with Crippen molar-refractivity contribution in [2.24, 2.45) is 0 Å². The molecule has 0 radical (unpaired) electrons. The number of nitrogens with zero attached hydrogens (tertiary/aromatic N) is 3. The van der Waals surface area contributed by atoms with Crippen molar-refractivity contribution in [3.63, 3.8) is 0 Å². The number of benzene rings is 2. The summed E-state index contributed by atoms with van der Waals surface area (Å²) in [5.41, 5.74) is 5.85. The molecule has 1 unspecified atom stereocenters. The first-order chi connectivity index (χ1) is 26.8. The maximum atomic E-state index is 12.4. The van der Waals surface area contributed by atoms with Gasteiger partial charge in [0.2, 0.25) is 5.69 Å². The third-order valence-corrected chi connectivity index (χ3v) is 12.7. The average Bonchev–Trinajstić information content (AvgIpc) is 3.65. The van der Waals surface area contributed by atoms with Crippen LogP contribution in [0.3, 0.4) is 0 Å². The Bertz CT molecular complexity index is 2240. The minimum absolute atomic E-state index is 0.00344. The predicted molar refractivity (Wildman–Crippen MR) is 218 cm³/mol. The Morgan fingerprint density at radius 1 is 0.895 bits per heavy atom. The number of amides is 2. The van der Waals surface area contributed by atoms with Crippen LogP contribution in [-0.4, -0.2) is 77.9 Å². The van der Waals surface area contributed by atoms with Gasteiger partial charge in [-0.25, -0.2) is 4.79 Å². The fraction of sp³-hybridized carbons (Fsp3) is 0.476. The van der Waals surface area contributed by atoms with Gasteiger partial charge in [-0.05, 0) is 82.9 Å². The SMILES string of the molecule is CCCC[N+]1=C(/C=C/C=C/C=C2\N(CCCS(=O)(=O)O)c3ccc(S(=O)(=O)O)cc3C2(C)CCCCCC(=O)ON2C(=O)CCC2=O)C(C)(C)c2cc(C)ccc21. The second-order valence-corrected chi connectivity index (χ2v) is 18.7. The van der Waals surface area contributed by atoms with Gasteiger partial charge in [-0.1, -0.05) is 56.0 Å². The number of hydrogen-bond acceptors (Lipinski definition) is 9. The van der Waals surface area contributed by atoms with E-state index in [0.29, 0.717) is 42.0 Å². The van der Waals surface area contributed by atoms with Gasteiger partial charge in [0.15, 0.2) is 5.71 Å². The van der Waals surface area contributed by atoms with Gasteiger partial charge in [0.05, 0.1) is 16.1 Å². The summed E-state index contributed by atoms with van der Waals surface area (Å²) in [6.07, 6.45) is 14.0. The zero-order valence-corrected chi connectivity index (χ0v) is 35.0. The molecule has 2 N–H and O–H groups in total. The van der Waals surface area contributed by atoms with Crippen molar-refractivity contribution in [1.29, 1.82) is 0 Å². The monoisotopic (exact) mass is 824 g/mol. The van der Waals surface area contributed by atoms with E-state index < -0.39 is 49.2 Å². The highest BCUT2D eigenvalue weighted by molar-refractivity contribution is 7.86. The predicted octanol–water partition coefficient (Wildman–Crippen LogP) is 7.03. The van der Waals surface area contributed by atoms with Crippen LogP contribution < -0.4 is 4.90 Å². The summed E-state index contributed by atoms with van der Waals surface area (Å²) >= 11 is 0. The number of unbranched alkanes of at least 4 members (excludes halogenated alkanes) is 3. The normalized spacial score (nSPS) is 20.2. The lowest BCUT2D eigenvalue weighted by molar-refractivity contribution is -0.438. The lowest BCUT2D eigenvalue weighted by Crippen LogP contribution is -2.32. The van der Waals surface area contributed by atoms with Crippen LogP contribution in [0.15, 0.2) is 77.4 Å². The molecule has 1 fully saturated rings. The molecule has 3 aliphatic heterocycles. The van der Waals surface area contributed by atoms with Gasteiger partial charge in [0.25, 0.3) is 32.1 Å². The van der Waals surface area contributed by atoms with E-state index in [2.05, 4.69) is 56.5 Å². The van der Waals surface area contributed by atoms with E-state index in [4.69, 9.17) is 4.84 Å². The number of aryl methyl sites for hydroxylation is 1. The van der Waals surface area contributed by atoms with Crippen LogP contribution in [0.1, 0.15) is 109 Å². The Morgan fingerprint density at radius 3 is 2.28 bits per heavy atom. The van der Waals surface area contributed by atoms with Crippen molar-refractivity contribution in [2.45, 2.75) is 115 Å². The maximum Gasteiger partial charge on any atom is 0.333 e. The number of carbonyl (C=O) groups is 3. The molecule has 1 atom stereocenters. The number of hydrogen-bond donors (Lipinski definition) is 2. The molecule has 2 aromatic rings. The van der Waals surface area contributed by atoms with Gasteiger partial charge in [-0.15, -0.1) is 5.06 Å². The Labute approximate surface area is 336 Å². The molecule has 3 heterocycles. The number of allylic oxidation sites excluding steroid dienone is 6. The average molecular weight is 825 g/mol. The Morgan fingerprint density at radius 2 is 1.61 bits per heavy atom. The van der Waals surface area contributed by atoms with Crippen LogP contribution >= 0.6 is 0 Å². The first-order valence-electron chi connectivity index (χ1n) is 19.5. The number of hydroxylamine groups is 2. The largest absolute Gasteiger partial charge is 0.344 e. The van der Waals surface area contributed by atoms with Crippen molar-refractivity contribution < 1.29 is 49.7 Å². The van der Waals surface area contributed by atoms with Gasteiger partial charge in [0, 0.05) is 66.7 Å². The smallest absolute Gasteiger partial charge is 0.333 e. The highest BCUT2D eigenvalue weighted by Gasteiger charge is 2.45. The third-order valence-electron chi connectivity index (χ3n) is 11.1. The van der Waals surface area contributed by atoms with Crippen molar-refractivity contribution in [3.8, 4) is 0 Å². The molecule has 0 spiro atoms. The summed E-state index contributed by atoms with van der Waals surface area (Å²) < 4.78 is 69.9. The topological polar surface area (TPSA) is 179 Å². The highest BCUT2D eigenvalue weighted by atomic mass is 32.2. The Kier molecular flexibility index (Phi) is 13.5. The molecular formula is C42H54N3O10S2+. The zero-order valence-electron chi connectivity index (χ0n) is 33.4. The maximum absolute atomic E-state index is 12.4. The second-order valence-electron chi connectivity index (χ2n) is 15.7. The van der Waals surface area contributed by atoms with Gasteiger partial charge < -0.3 is 9.74 Å². The third kappa shape index (κ3) is 10.00. The van der Waals surface area contributed by atoms with E-state index in [1.807, 2.05) is 36.1 Å². The van der Waals surface area contributed by atoms with Crippen molar-refractivity contribution >= 4 is 55.1 Å². The Hall–Kier alpha value is -4.44. The van der Waals surface area contributed by atoms with Crippen LogP contribution in [0.4, 0.5) is 11.4 Å². The van der Waals surface area contributed by atoms with Crippen LogP contribution in [0, 0.1) is 6.92 Å². The first kappa shape index (κ1) is 43.7. The molecule has 0 bridgehead atoms. The number of carbonyl (C=O) groups excluding carboxylic acids is 3. The molecule has 0 saturated carbocycles. The van der Waals surface area contributed by atoms with E-state index in [0.717, 1.165) is 25.1 Å². The molecule has 0 aromatic heterocycles. The van der Waals surface area contributed by atoms with Gasteiger partial charge in [-0.2, -0.15) is 21.4 Å². The van der Waals surface area contributed by atoms with E-state index in [1.54, 1.807) is 6.07 Å². The number of fused-ring (bicyclic) bond motifs is 2. The zero-order chi connectivity index (χ0) is 41.8. The summed E-state index contributed by atoms with van der Waals surface area (Å²) in [6.45, 7) is 11.8. The molecule has 13 nitrogen and oxygen atoms in total. The lowest BCUT2D eigenvalue weighted by Gasteiger charge is -2.30. The molecule has 5 rings (SSSR count). The second kappa shape index (κ2) is 17.6. The van der Waals surface area contributed by atoms with Gasteiger partial charge in [0.1, 0.15) is 6.54 Å². The fourth-order valence-electron chi connectivity index (χ4n) is 8.04. The molecular weight excluding hydrogens is 771 g/mol. The van der Waals surface area contributed by atoms with Crippen LogP contribution in [0.5, 0.6) is 0 Å². The molecule has 308 valence electrons. The van der Waals surface area contributed by atoms with Crippen LogP contribution in [0.2, 0.25) is 0 Å².